The predicted octanol–water partition coefficient (Wildman–Crippen LogP) is 4.72. The number of anilines is 2. The van der Waals surface area contributed by atoms with Gasteiger partial charge in [-0.05, 0) is 42.5 Å². The zero-order valence-electron chi connectivity index (χ0n) is 13.6. The normalized spacial score (nSPS) is 10.6. The van der Waals surface area contributed by atoms with Crippen LogP contribution in [0.4, 0.5) is 11.4 Å². The smallest absolute Gasteiger partial charge is 0.248 e. The first-order chi connectivity index (χ1) is 11.9. The van der Waals surface area contributed by atoms with Crippen molar-refractivity contribution in [3.05, 3.63) is 57.5 Å². The van der Waals surface area contributed by atoms with Crippen LogP contribution < -0.4 is 15.4 Å². The van der Waals surface area contributed by atoms with E-state index in [1.807, 2.05) is 12.1 Å². The molecule has 0 atom stereocenters. The highest BCUT2D eigenvalue weighted by Gasteiger charge is 2.06. The summed E-state index contributed by atoms with van der Waals surface area (Å²) >= 11 is 9.51. The minimum Gasteiger partial charge on any atom is -0.496 e. The number of rotatable bonds is 5. The molecular formula is C18H16BrClN2O3. The van der Waals surface area contributed by atoms with Crippen LogP contribution >= 0.6 is 27.5 Å². The maximum absolute atomic E-state index is 12.1. The fourth-order valence-electron chi connectivity index (χ4n) is 2.07. The van der Waals surface area contributed by atoms with Crippen molar-refractivity contribution in [3.8, 4) is 5.75 Å². The van der Waals surface area contributed by atoms with Crippen LogP contribution in [-0.2, 0) is 9.59 Å². The Morgan fingerprint density at radius 3 is 2.56 bits per heavy atom. The van der Waals surface area contributed by atoms with E-state index in [1.165, 1.54) is 13.0 Å². The molecule has 2 rings (SSSR count). The number of ether oxygens (including phenoxy) is 1. The van der Waals surface area contributed by atoms with Crippen molar-refractivity contribution in [1.82, 2.24) is 0 Å². The van der Waals surface area contributed by atoms with Gasteiger partial charge in [-0.25, -0.2) is 0 Å². The molecule has 0 heterocycles. The second-order valence-corrected chi connectivity index (χ2v) is 6.41. The summed E-state index contributed by atoms with van der Waals surface area (Å²) in [4.78, 5) is 23.1. The Balaban J connectivity index is 2.10. The van der Waals surface area contributed by atoms with Crippen LogP contribution in [0.3, 0.4) is 0 Å². The highest BCUT2D eigenvalue weighted by molar-refractivity contribution is 9.10. The molecule has 0 aliphatic heterocycles. The first-order valence-corrected chi connectivity index (χ1v) is 8.46. The van der Waals surface area contributed by atoms with Gasteiger partial charge < -0.3 is 15.4 Å². The van der Waals surface area contributed by atoms with Crippen molar-refractivity contribution in [2.75, 3.05) is 17.7 Å². The molecule has 0 saturated carbocycles. The summed E-state index contributed by atoms with van der Waals surface area (Å²) in [6, 6.07) is 10.4. The molecule has 2 aromatic rings. The fraction of sp³-hybridized carbons (Fsp3) is 0.111. The summed E-state index contributed by atoms with van der Waals surface area (Å²) in [6.45, 7) is 1.41. The van der Waals surface area contributed by atoms with Crippen molar-refractivity contribution >= 4 is 56.8 Å². The summed E-state index contributed by atoms with van der Waals surface area (Å²) < 4.78 is 6.14. The lowest BCUT2D eigenvalue weighted by Gasteiger charge is -2.08. The Labute approximate surface area is 159 Å². The van der Waals surface area contributed by atoms with Crippen LogP contribution in [0.25, 0.3) is 6.08 Å². The molecule has 2 amide bonds. The molecule has 2 N–H and O–H groups in total. The van der Waals surface area contributed by atoms with Crippen molar-refractivity contribution in [2.24, 2.45) is 0 Å². The van der Waals surface area contributed by atoms with E-state index in [0.29, 0.717) is 22.1 Å². The number of hydrogen-bond donors (Lipinski definition) is 2. The highest BCUT2D eigenvalue weighted by atomic mass is 79.9. The molecule has 130 valence electrons. The van der Waals surface area contributed by atoms with Gasteiger partial charge in [-0.2, -0.15) is 0 Å². The molecule has 2 aromatic carbocycles. The highest BCUT2D eigenvalue weighted by Crippen LogP contribution is 2.26. The van der Waals surface area contributed by atoms with E-state index in [4.69, 9.17) is 16.3 Å². The lowest BCUT2D eigenvalue weighted by atomic mass is 10.2. The number of methoxy groups -OCH3 is 1. The van der Waals surface area contributed by atoms with E-state index in [1.54, 1.807) is 37.5 Å². The molecule has 7 heteroatoms. The Morgan fingerprint density at radius 2 is 1.92 bits per heavy atom. The summed E-state index contributed by atoms with van der Waals surface area (Å²) in [5.74, 6) is 0.125. The average molecular weight is 424 g/mol. The molecule has 0 aliphatic carbocycles. The van der Waals surface area contributed by atoms with Crippen molar-refractivity contribution in [3.63, 3.8) is 0 Å². The van der Waals surface area contributed by atoms with E-state index < -0.39 is 0 Å². The van der Waals surface area contributed by atoms with Gasteiger partial charge in [0.05, 0.1) is 17.8 Å². The van der Waals surface area contributed by atoms with Crippen LogP contribution in [-0.4, -0.2) is 18.9 Å². The second kappa shape index (κ2) is 8.69. The van der Waals surface area contributed by atoms with Gasteiger partial charge in [0.25, 0.3) is 0 Å². The number of carbonyl (C=O) groups is 2. The number of carbonyl (C=O) groups excluding carboxylic acids is 2. The number of hydrogen-bond acceptors (Lipinski definition) is 3. The molecule has 5 nitrogen and oxygen atoms in total. The monoisotopic (exact) mass is 422 g/mol. The first-order valence-electron chi connectivity index (χ1n) is 7.29. The molecule has 0 radical (unpaired) electrons. The zero-order chi connectivity index (χ0) is 18.4. The summed E-state index contributed by atoms with van der Waals surface area (Å²) in [6.07, 6.45) is 3.04. The third-order valence-electron chi connectivity index (χ3n) is 3.15. The van der Waals surface area contributed by atoms with E-state index in [9.17, 15) is 9.59 Å². The first kappa shape index (κ1) is 19.0. The minimum atomic E-state index is -0.337. The molecule has 25 heavy (non-hydrogen) atoms. The predicted molar refractivity (Wildman–Crippen MR) is 104 cm³/mol. The lowest BCUT2D eigenvalue weighted by Crippen LogP contribution is -2.09. The largest absolute Gasteiger partial charge is 0.496 e. The topological polar surface area (TPSA) is 67.4 Å². The lowest BCUT2D eigenvalue weighted by molar-refractivity contribution is -0.114. The number of nitrogens with one attached hydrogen (secondary N) is 2. The van der Waals surface area contributed by atoms with E-state index in [-0.39, 0.29) is 11.8 Å². The Bertz CT molecular complexity index is 837. The van der Waals surface area contributed by atoms with Crippen LogP contribution in [0.5, 0.6) is 5.75 Å². The SMILES string of the molecule is COc1ccc(Br)cc1/C=C/C(=O)Nc1ccc(NC(C)=O)cc1Cl. The molecule has 0 saturated heterocycles. The van der Waals surface area contributed by atoms with Crippen LogP contribution in [0.15, 0.2) is 46.9 Å². The van der Waals surface area contributed by atoms with Gasteiger partial charge in [-0.1, -0.05) is 27.5 Å². The molecule has 0 spiro atoms. The maximum atomic E-state index is 12.1. The zero-order valence-corrected chi connectivity index (χ0v) is 15.9. The summed E-state index contributed by atoms with van der Waals surface area (Å²) in [5, 5.41) is 5.64. The van der Waals surface area contributed by atoms with Gasteiger partial charge in [-0.3, -0.25) is 9.59 Å². The Morgan fingerprint density at radius 1 is 1.16 bits per heavy atom. The summed E-state index contributed by atoms with van der Waals surface area (Å²) in [5.41, 5.74) is 1.77. The van der Waals surface area contributed by atoms with E-state index in [2.05, 4.69) is 26.6 Å². The Kier molecular flexibility index (Phi) is 6.61. The van der Waals surface area contributed by atoms with Crippen molar-refractivity contribution < 1.29 is 14.3 Å². The van der Waals surface area contributed by atoms with Crippen molar-refractivity contribution in [2.45, 2.75) is 6.92 Å². The fourth-order valence-corrected chi connectivity index (χ4v) is 2.68. The molecule has 0 bridgehead atoms. The third kappa shape index (κ3) is 5.62. The maximum Gasteiger partial charge on any atom is 0.248 e. The van der Waals surface area contributed by atoms with E-state index >= 15 is 0 Å². The summed E-state index contributed by atoms with van der Waals surface area (Å²) in [7, 11) is 1.57. The van der Waals surface area contributed by atoms with Crippen LogP contribution in [0.1, 0.15) is 12.5 Å². The standard InChI is InChI=1S/C18H16BrClN2O3/c1-11(23)21-14-5-6-16(15(20)10-14)22-18(24)8-3-12-9-13(19)4-7-17(12)25-2/h3-10H,1-2H3,(H,21,23)(H,22,24)/b8-3+. The number of amides is 2. The van der Waals surface area contributed by atoms with Gasteiger partial charge >= 0.3 is 0 Å². The van der Waals surface area contributed by atoms with Crippen molar-refractivity contribution in [1.29, 1.82) is 0 Å². The second-order valence-electron chi connectivity index (χ2n) is 5.08. The minimum absolute atomic E-state index is 0.196. The number of benzene rings is 2. The van der Waals surface area contributed by atoms with E-state index in [0.717, 1.165) is 10.0 Å². The Hall–Kier alpha value is -2.31. The number of halogens is 2. The van der Waals surface area contributed by atoms with Gasteiger partial charge in [0.15, 0.2) is 0 Å². The van der Waals surface area contributed by atoms with Gasteiger partial charge in [0, 0.05) is 28.7 Å². The van der Waals surface area contributed by atoms with Gasteiger partial charge in [-0.15, -0.1) is 0 Å². The van der Waals surface area contributed by atoms with Crippen LogP contribution in [0, 0.1) is 0 Å². The molecular weight excluding hydrogens is 408 g/mol. The molecule has 0 aliphatic rings. The molecule has 0 fully saturated rings. The van der Waals surface area contributed by atoms with Gasteiger partial charge in [0.2, 0.25) is 11.8 Å². The molecule has 0 aromatic heterocycles. The quantitative estimate of drug-likeness (QED) is 0.684. The molecule has 0 unspecified atom stereocenters. The van der Waals surface area contributed by atoms with Gasteiger partial charge in [0.1, 0.15) is 5.75 Å². The average Bonchev–Trinajstić information content (AvgIpc) is 2.55. The third-order valence-corrected chi connectivity index (χ3v) is 3.96. The van der Waals surface area contributed by atoms with Crippen LogP contribution in [0.2, 0.25) is 5.02 Å².